The summed E-state index contributed by atoms with van der Waals surface area (Å²) in [6.45, 7) is 7.34. The third-order valence-corrected chi connectivity index (χ3v) is 4.06. The molecule has 3 rings (SSSR count). The van der Waals surface area contributed by atoms with Gasteiger partial charge in [0.1, 0.15) is 11.4 Å². The molecule has 120 valence electrons. The fourth-order valence-electron chi connectivity index (χ4n) is 2.78. The largest absolute Gasteiger partial charge is 0.622 e. The van der Waals surface area contributed by atoms with Gasteiger partial charge in [0.05, 0.1) is 19.8 Å². The van der Waals surface area contributed by atoms with Crippen molar-refractivity contribution in [3.63, 3.8) is 0 Å². The molecule has 2 aliphatic rings. The minimum Gasteiger partial charge on any atom is -0.622 e. The maximum absolute atomic E-state index is 12.0. The molecule has 0 spiro atoms. The number of hydrogen-bond donors (Lipinski definition) is 1. The number of fused-ring (bicyclic) bond motifs is 1. The van der Waals surface area contributed by atoms with Crippen LogP contribution in [0.25, 0.3) is 0 Å². The average Bonchev–Trinajstić information content (AvgIpc) is 2.88. The first-order chi connectivity index (χ1) is 10.8. The van der Waals surface area contributed by atoms with Crippen LogP contribution < -0.4 is 9.80 Å². The van der Waals surface area contributed by atoms with E-state index in [1.54, 1.807) is 0 Å². The third-order valence-electron chi connectivity index (χ3n) is 4.06. The molecule has 1 fully saturated rings. The Kier molecular flexibility index (Phi) is 5.04. The molecule has 1 atom stereocenters. The fraction of sp³-hybridized carbons (Fsp3) is 0.562. The summed E-state index contributed by atoms with van der Waals surface area (Å²) in [4.78, 5) is 6.77. The van der Waals surface area contributed by atoms with E-state index >= 15 is 0 Å². The standard InChI is InChI=1S/C16H23N3O3/c1-2-16-17-14-12-13(4-5-15(14)19(16)20)22-9-3-6-18-7-10-21-11-8-18/h4-5,12,19H,2-3,6-11H2,1H3. The Bertz CT molecular complexity index is 541. The van der Waals surface area contributed by atoms with E-state index in [9.17, 15) is 5.21 Å². The van der Waals surface area contributed by atoms with E-state index in [0.717, 1.165) is 50.7 Å². The number of hydrogen-bond acceptors (Lipinski definition) is 5. The van der Waals surface area contributed by atoms with Crippen LogP contribution in [0.3, 0.4) is 0 Å². The normalized spacial score (nSPS) is 21.5. The number of rotatable bonds is 6. The fourth-order valence-corrected chi connectivity index (χ4v) is 2.78. The van der Waals surface area contributed by atoms with Crippen molar-refractivity contribution in [1.82, 2.24) is 4.90 Å². The number of hydroxylamine groups is 1. The lowest BCUT2D eigenvalue weighted by Gasteiger charge is -2.26. The van der Waals surface area contributed by atoms with E-state index in [1.807, 2.05) is 25.1 Å². The number of nitrogens with zero attached hydrogens (tertiary/aromatic N) is 2. The number of quaternary nitrogens is 1. The zero-order valence-corrected chi connectivity index (χ0v) is 13.0. The minimum absolute atomic E-state index is 0.0522. The molecule has 1 aromatic carbocycles. The van der Waals surface area contributed by atoms with Gasteiger partial charge in [0.2, 0.25) is 5.84 Å². The molecule has 22 heavy (non-hydrogen) atoms. The van der Waals surface area contributed by atoms with Crippen molar-refractivity contribution >= 4 is 17.2 Å². The first-order valence-electron chi connectivity index (χ1n) is 7.97. The molecule has 2 aliphatic heterocycles. The van der Waals surface area contributed by atoms with Crippen LogP contribution in [0.15, 0.2) is 23.2 Å². The molecule has 0 radical (unpaired) electrons. The molecule has 1 unspecified atom stereocenters. The lowest BCUT2D eigenvalue weighted by atomic mass is 10.2. The first-order valence-corrected chi connectivity index (χ1v) is 7.97. The van der Waals surface area contributed by atoms with Crippen LogP contribution in [-0.4, -0.2) is 50.2 Å². The molecule has 0 aliphatic carbocycles. The predicted octanol–water partition coefficient (Wildman–Crippen LogP) is 1.26. The quantitative estimate of drug-likeness (QED) is 0.635. The molecular weight excluding hydrogens is 282 g/mol. The van der Waals surface area contributed by atoms with Crippen LogP contribution in [0.1, 0.15) is 19.8 Å². The Labute approximate surface area is 130 Å². The van der Waals surface area contributed by atoms with E-state index in [4.69, 9.17) is 9.47 Å². The van der Waals surface area contributed by atoms with Gasteiger partial charge in [-0.2, -0.15) is 4.99 Å². The van der Waals surface area contributed by atoms with Crippen LogP contribution in [0.4, 0.5) is 11.4 Å². The summed E-state index contributed by atoms with van der Waals surface area (Å²) in [5, 5.41) is 12.0. The second kappa shape index (κ2) is 7.19. The lowest BCUT2D eigenvalue weighted by molar-refractivity contribution is -0.665. The van der Waals surface area contributed by atoms with Gasteiger partial charge in [-0.3, -0.25) is 9.96 Å². The van der Waals surface area contributed by atoms with Crippen LogP contribution in [-0.2, 0) is 4.74 Å². The molecular formula is C16H23N3O3. The Hall–Kier alpha value is -1.47. The Morgan fingerprint density at radius 1 is 1.36 bits per heavy atom. The first kappa shape index (κ1) is 15.4. The molecule has 1 saturated heterocycles. The van der Waals surface area contributed by atoms with Crippen molar-refractivity contribution in [1.29, 1.82) is 0 Å². The van der Waals surface area contributed by atoms with Crippen molar-refractivity contribution in [2.45, 2.75) is 19.8 Å². The molecule has 0 amide bonds. The van der Waals surface area contributed by atoms with E-state index in [0.29, 0.717) is 24.6 Å². The highest BCUT2D eigenvalue weighted by molar-refractivity contribution is 5.86. The van der Waals surface area contributed by atoms with Gasteiger partial charge in [-0.15, -0.1) is 0 Å². The number of benzene rings is 1. The zero-order valence-electron chi connectivity index (χ0n) is 13.0. The molecule has 1 aromatic rings. The molecule has 0 saturated carbocycles. The molecule has 1 N–H and O–H groups in total. The van der Waals surface area contributed by atoms with Crippen LogP contribution in [0, 0.1) is 5.21 Å². The van der Waals surface area contributed by atoms with E-state index in [-0.39, 0.29) is 5.06 Å². The van der Waals surface area contributed by atoms with Crippen molar-refractivity contribution in [2.24, 2.45) is 4.99 Å². The van der Waals surface area contributed by atoms with Crippen molar-refractivity contribution in [2.75, 3.05) is 39.5 Å². The molecule has 0 bridgehead atoms. The van der Waals surface area contributed by atoms with Crippen molar-refractivity contribution in [3.05, 3.63) is 23.4 Å². The lowest BCUT2D eigenvalue weighted by Crippen LogP contribution is -3.03. The summed E-state index contributed by atoms with van der Waals surface area (Å²) in [7, 11) is 0. The third kappa shape index (κ3) is 3.47. The number of aliphatic imine (C=N–C) groups is 1. The highest BCUT2D eigenvalue weighted by Gasteiger charge is 2.22. The number of nitrogens with one attached hydrogen (secondary N) is 1. The van der Waals surface area contributed by atoms with Gasteiger partial charge in [0.25, 0.3) is 0 Å². The SMILES string of the molecule is CCC1=Nc2cc(OCCCN3CCOCC3)ccc2[NH+]1[O-]. The van der Waals surface area contributed by atoms with Crippen molar-refractivity contribution < 1.29 is 14.5 Å². The van der Waals surface area contributed by atoms with Gasteiger partial charge in [-0.1, -0.05) is 6.92 Å². The molecule has 6 nitrogen and oxygen atoms in total. The summed E-state index contributed by atoms with van der Waals surface area (Å²) in [6.07, 6.45) is 1.66. The Morgan fingerprint density at radius 2 is 2.18 bits per heavy atom. The number of morpholine rings is 1. The Morgan fingerprint density at radius 3 is 2.95 bits per heavy atom. The number of ether oxygens (including phenoxy) is 2. The van der Waals surface area contributed by atoms with Crippen LogP contribution in [0.5, 0.6) is 5.75 Å². The topological polar surface area (TPSA) is 61.6 Å². The maximum Gasteiger partial charge on any atom is 0.206 e. The molecule has 2 heterocycles. The summed E-state index contributed by atoms with van der Waals surface area (Å²) in [6, 6.07) is 5.55. The van der Waals surface area contributed by atoms with Gasteiger partial charge in [0.15, 0.2) is 5.69 Å². The summed E-state index contributed by atoms with van der Waals surface area (Å²) < 4.78 is 11.1. The van der Waals surface area contributed by atoms with Crippen LogP contribution in [0.2, 0.25) is 0 Å². The van der Waals surface area contributed by atoms with Gasteiger partial charge in [-0.05, 0) is 12.5 Å². The van der Waals surface area contributed by atoms with E-state index < -0.39 is 0 Å². The second-order valence-electron chi connectivity index (χ2n) is 5.58. The summed E-state index contributed by atoms with van der Waals surface area (Å²) in [5.74, 6) is 1.43. The van der Waals surface area contributed by atoms with Crippen LogP contribution >= 0.6 is 0 Å². The highest BCUT2D eigenvalue weighted by Crippen LogP contribution is 2.30. The summed E-state index contributed by atoms with van der Waals surface area (Å²) >= 11 is 0. The maximum atomic E-state index is 12.0. The van der Waals surface area contributed by atoms with Crippen molar-refractivity contribution in [3.8, 4) is 5.75 Å². The number of amidine groups is 1. The predicted molar refractivity (Wildman–Crippen MR) is 85.2 cm³/mol. The van der Waals surface area contributed by atoms with E-state index in [1.165, 1.54) is 0 Å². The highest BCUT2D eigenvalue weighted by atomic mass is 16.5. The minimum atomic E-state index is 0.0522. The average molecular weight is 305 g/mol. The van der Waals surface area contributed by atoms with Gasteiger partial charge >= 0.3 is 0 Å². The van der Waals surface area contributed by atoms with Gasteiger partial charge in [0, 0.05) is 38.2 Å². The second-order valence-corrected chi connectivity index (χ2v) is 5.58. The monoisotopic (exact) mass is 305 g/mol. The Balaban J connectivity index is 1.48. The van der Waals surface area contributed by atoms with E-state index in [2.05, 4.69) is 9.89 Å². The summed E-state index contributed by atoms with van der Waals surface area (Å²) in [5.41, 5.74) is 1.44. The van der Waals surface area contributed by atoms with Gasteiger partial charge in [-0.25, -0.2) is 0 Å². The molecule has 6 heteroatoms. The zero-order chi connectivity index (χ0) is 15.4. The van der Waals surface area contributed by atoms with Gasteiger partial charge < -0.3 is 14.7 Å². The smallest absolute Gasteiger partial charge is 0.206 e. The molecule has 0 aromatic heterocycles.